The fourth-order valence-electron chi connectivity index (χ4n) is 2.86. The Bertz CT molecular complexity index is 979. The summed E-state index contributed by atoms with van der Waals surface area (Å²) in [6.45, 7) is 2.23. The molecule has 1 fully saturated rings. The maximum Gasteiger partial charge on any atom is 0.573 e. The molecule has 2 aromatic rings. The number of anilines is 1. The summed E-state index contributed by atoms with van der Waals surface area (Å²) in [6.07, 6.45) is -3.33. The van der Waals surface area contributed by atoms with Gasteiger partial charge in [0.1, 0.15) is 16.4 Å². The topological polar surface area (TPSA) is 88.8 Å². The Hall–Kier alpha value is -2.53. The van der Waals surface area contributed by atoms with Gasteiger partial charge in [0.05, 0.1) is 0 Å². The molecule has 28 heavy (non-hydrogen) atoms. The Morgan fingerprint density at radius 3 is 2.54 bits per heavy atom. The zero-order valence-corrected chi connectivity index (χ0v) is 15.6. The van der Waals surface area contributed by atoms with Gasteiger partial charge in [0.25, 0.3) is 5.91 Å². The third kappa shape index (κ3) is 4.47. The number of hydrogen-bond acceptors (Lipinski definition) is 5. The summed E-state index contributed by atoms with van der Waals surface area (Å²) < 4.78 is 72.6. The Kier molecular flexibility index (Phi) is 5.39. The minimum absolute atomic E-state index is 0.0322. The van der Waals surface area contributed by atoms with Crippen LogP contribution in [0.1, 0.15) is 29.2 Å². The second kappa shape index (κ2) is 7.47. The molecule has 3 rings (SSSR count). The number of nitrogens with zero attached hydrogens (tertiary/aromatic N) is 1. The van der Waals surface area contributed by atoms with Gasteiger partial charge in [0, 0.05) is 30.9 Å². The van der Waals surface area contributed by atoms with E-state index in [4.69, 9.17) is 4.42 Å². The molecule has 1 saturated heterocycles. The van der Waals surface area contributed by atoms with Crippen LogP contribution < -0.4 is 10.1 Å². The summed E-state index contributed by atoms with van der Waals surface area (Å²) in [5.41, 5.74) is 0.0322. The summed E-state index contributed by atoms with van der Waals surface area (Å²) in [4.78, 5) is 12.2. The van der Waals surface area contributed by atoms with E-state index in [-0.39, 0.29) is 22.1 Å². The number of ether oxygens (including phenoxy) is 1. The van der Waals surface area contributed by atoms with Crippen molar-refractivity contribution >= 4 is 21.6 Å². The van der Waals surface area contributed by atoms with Crippen LogP contribution in [-0.2, 0) is 10.0 Å². The van der Waals surface area contributed by atoms with Crippen LogP contribution in [0.15, 0.2) is 39.6 Å². The third-order valence-corrected chi connectivity index (χ3v) is 6.11. The number of nitrogens with one attached hydrogen (secondary N) is 1. The predicted octanol–water partition coefficient (Wildman–Crippen LogP) is 3.52. The van der Waals surface area contributed by atoms with Crippen LogP contribution in [0.5, 0.6) is 5.75 Å². The summed E-state index contributed by atoms with van der Waals surface area (Å²) in [5.74, 6) is -1.50. The Morgan fingerprint density at radius 2 is 1.89 bits per heavy atom. The van der Waals surface area contributed by atoms with Crippen LogP contribution in [0.2, 0.25) is 0 Å². The summed E-state index contributed by atoms with van der Waals surface area (Å²) in [6, 6.07) is 5.82. The lowest BCUT2D eigenvalue weighted by molar-refractivity contribution is -0.274. The number of halogens is 3. The molecule has 1 aliphatic rings. The van der Waals surface area contributed by atoms with Crippen LogP contribution in [-0.4, -0.2) is 38.1 Å². The number of furan rings is 1. The molecular formula is C17H17F3N2O5S. The van der Waals surface area contributed by atoms with Crippen LogP contribution >= 0.6 is 0 Å². The Balaban J connectivity index is 1.78. The number of aryl methyl sites for hydroxylation is 1. The van der Waals surface area contributed by atoms with Gasteiger partial charge in [-0.2, -0.15) is 4.31 Å². The van der Waals surface area contributed by atoms with Crippen molar-refractivity contribution in [3.63, 3.8) is 0 Å². The van der Waals surface area contributed by atoms with Gasteiger partial charge in [-0.3, -0.25) is 4.79 Å². The molecule has 1 aromatic heterocycles. The van der Waals surface area contributed by atoms with Crippen molar-refractivity contribution in [1.29, 1.82) is 0 Å². The number of hydrogen-bond donors (Lipinski definition) is 1. The lowest BCUT2D eigenvalue weighted by atomic mass is 10.3. The van der Waals surface area contributed by atoms with E-state index in [9.17, 15) is 26.4 Å². The first-order valence-corrected chi connectivity index (χ1v) is 9.78. The molecule has 152 valence electrons. The van der Waals surface area contributed by atoms with Crippen molar-refractivity contribution < 1.29 is 35.5 Å². The zero-order valence-electron chi connectivity index (χ0n) is 14.7. The van der Waals surface area contributed by atoms with Gasteiger partial charge in [-0.15, -0.1) is 13.2 Å². The van der Waals surface area contributed by atoms with Crippen molar-refractivity contribution in [2.24, 2.45) is 0 Å². The molecular weight excluding hydrogens is 401 g/mol. The standard InChI is InChI=1S/C17H17F3N2O5S/c1-11-15(28(24,25)22-7-2-3-8-22)10-14(26-11)16(23)21-12-5-4-6-13(9-12)27-17(18,19)20/h4-6,9-10H,2-3,7-8H2,1H3,(H,21,23). The number of alkyl halides is 3. The molecule has 11 heteroatoms. The first kappa shape index (κ1) is 20.2. The molecule has 1 N–H and O–H groups in total. The molecule has 0 aliphatic carbocycles. The normalized spacial score (nSPS) is 15.6. The van der Waals surface area contributed by atoms with E-state index in [1.165, 1.54) is 23.4 Å². The fraction of sp³-hybridized carbons (Fsp3) is 0.353. The minimum Gasteiger partial charge on any atom is -0.455 e. The molecule has 0 radical (unpaired) electrons. The number of carbonyl (C=O) groups is 1. The van der Waals surface area contributed by atoms with Gasteiger partial charge in [-0.25, -0.2) is 8.42 Å². The van der Waals surface area contributed by atoms with Crippen molar-refractivity contribution in [1.82, 2.24) is 4.31 Å². The van der Waals surface area contributed by atoms with Crippen molar-refractivity contribution in [2.75, 3.05) is 18.4 Å². The summed E-state index contributed by atoms with van der Waals surface area (Å²) in [5, 5.41) is 2.36. The monoisotopic (exact) mass is 418 g/mol. The average molecular weight is 418 g/mol. The van der Waals surface area contributed by atoms with Crippen molar-refractivity contribution in [2.45, 2.75) is 31.0 Å². The van der Waals surface area contributed by atoms with E-state index < -0.39 is 28.0 Å². The first-order valence-electron chi connectivity index (χ1n) is 8.34. The lowest BCUT2D eigenvalue weighted by Crippen LogP contribution is -2.28. The smallest absolute Gasteiger partial charge is 0.455 e. The molecule has 1 aliphatic heterocycles. The molecule has 0 saturated carbocycles. The number of sulfonamides is 1. The highest BCUT2D eigenvalue weighted by Crippen LogP contribution is 2.28. The first-order chi connectivity index (χ1) is 13.1. The van der Waals surface area contributed by atoms with Gasteiger partial charge in [0.2, 0.25) is 10.0 Å². The minimum atomic E-state index is -4.86. The van der Waals surface area contributed by atoms with Crippen LogP contribution in [0, 0.1) is 6.92 Å². The summed E-state index contributed by atoms with van der Waals surface area (Å²) in [7, 11) is -3.77. The molecule has 0 bridgehead atoms. The van der Waals surface area contributed by atoms with Gasteiger partial charge in [-0.1, -0.05) is 6.07 Å². The van der Waals surface area contributed by atoms with Crippen LogP contribution in [0.3, 0.4) is 0 Å². The maximum absolute atomic E-state index is 12.6. The van der Waals surface area contributed by atoms with E-state index >= 15 is 0 Å². The van der Waals surface area contributed by atoms with E-state index in [1.54, 1.807) is 0 Å². The SMILES string of the molecule is Cc1oc(C(=O)Nc2cccc(OC(F)(F)F)c2)cc1S(=O)(=O)N1CCCC1. The average Bonchev–Trinajstić information content (AvgIpc) is 3.23. The van der Waals surface area contributed by atoms with Crippen LogP contribution in [0.4, 0.5) is 18.9 Å². The second-order valence-electron chi connectivity index (χ2n) is 6.17. The van der Waals surface area contributed by atoms with E-state index in [1.807, 2.05) is 0 Å². The molecule has 2 heterocycles. The quantitative estimate of drug-likeness (QED) is 0.803. The van der Waals surface area contributed by atoms with E-state index in [0.717, 1.165) is 31.0 Å². The highest BCUT2D eigenvalue weighted by atomic mass is 32.2. The van der Waals surface area contributed by atoms with E-state index in [2.05, 4.69) is 10.1 Å². The highest BCUT2D eigenvalue weighted by molar-refractivity contribution is 7.89. The Morgan fingerprint density at radius 1 is 1.21 bits per heavy atom. The summed E-state index contributed by atoms with van der Waals surface area (Å²) >= 11 is 0. The molecule has 0 atom stereocenters. The van der Waals surface area contributed by atoms with Gasteiger partial charge in [0.15, 0.2) is 5.76 Å². The van der Waals surface area contributed by atoms with Crippen LogP contribution in [0.25, 0.3) is 0 Å². The van der Waals surface area contributed by atoms with Gasteiger partial charge < -0.3 is 14.5 Å². The van der Waals surface area contributed by atoms with E-state index in [0.29, 0.717) is 13.1 Å². The second-order valence-corrected chi connectivity index (χ2v) is 8.08. The predicted molar refractivity (Wildman–Crippen MR) is 92.5 cm³/mol. The molecule has 1 amide bonds. The van der Waals surface area contributed by atoms with Crippen molar-refractivity contribution in [3.05, 3.63) is 41.9 Å². The van der Waals surface area contributed by atoms with Gasteiger partial charge >= 0.3 is 6.36 Å². The molecule has 0 unspecified atom stereocenters. The zero-order chi connectivity index (χ0) is 20.5. The third-order valence-electron chi connectivity index (χ3n) is 4.10. The van der Waals surface area contributed by atoms with Gasteiger partial charge in [-0.05, 0) is 31.9 Å². The van der Waals surface area contributed by atoms with Crippen molar-refractivity contribution in [3.8, 4) is 5.75 Å². The number of benzene rings is 1. The molecule has 0 spiro atoms. The fourth-order valence-corrected chi connectivity index (χ4v) is 4.54. The number of rotatable bonds is 5. The number of carbonyl (C=O) groups excluding carboxylic acids is 1. The maximum atomic E-state index is 12.6. The number of amides is 1. The largest absolute Gasteiger partial charge is 0.573 e. The highest BCUT2D eigenvalue weighted by Gasteiger charge is 2.32. The molecule has 7 nitrogen and oxygen atoms in total. The Labute approximate surface area is 159 Å². The lowest BCUT2D eigenvalue weighted by Gasteiger charge is -2.14. The molecule has 1 aromatic carbocycles.